The van der Waals surface area contributed by atoms with Crippen LogP contribution in [0.1, 0.15) is 42.6 Å². The Morgan fingerprint density at radius 2 is 2.11 bits per heavy atom. The van der Waals surface area contributed by atoms with Gasteiger partial charge >= 0.3 is 0 Å². The Kier molecular flexibility index (Phi) is 3.94. The number of hydrogen-bond acceptors (Lipinski definition) is 2. The first-order valence-corrected chi connectivity index (χ1v) is 6.75. The Bertz CT molecular complexity index is 419. The van der Waals surface area contributed by atoms with E-state index < -0.39 is 0 Å². The maximum absolute atomic E-state index is 12.3. The molecule has 0 aliphatic heterocycles. The molecule has 0 aromatic carbocycles. The molecule has 0 saturated heterocycles. The van der Waals surface area contributed by atoms with Crippen LogP contribution < -0.4 is 5.73 Å². The molecule has 1 aromatic heterocycles. The van der Waals surface area contributed by atoms with Crippen molar-refractivity contribution in [2.75, 3.05) is 19.3 Å². The second-order valence-electron chi connectivity index (χ2n) is 5.46. The Balaban J connectivity index is 1.97. The highest BCUT2D eigenvalue weighted by atomic mass is 16.2. The SMILES string of the molecule is CN(CC1CCCCC1)C(=O)c1cc(N)cn1C. The minimum Gasteiger partial charge on any atom is -0.397 e. The van der Waals surface area contributed by atoms with Gasteiger partial charge in [-0.3, -0.25) is 4.79 Å². The summed E-state index contributed by atoms with van der Waals surface area (Å²) in [4.78, 5) is 14.1. The highest BCUT2D eigenvalue weighted by Crippen LogP contribution is 2.24. The van der Waals surface area contributed by atoms with Crippen molar-refractivity contribution in [3.05, 3.63) is 18.0 Å². The molecule has 1 heterocycles. The maximum Gasteiger partial charge on any atom is 0.270 e. The molecule has 1 fully saturated rings. The number of rotatable bonds is 3. The number of nitrogen functional groups attached to an aromatic ring is 1. The number of nitrogens with two attached hydrogens (primary N) is 1. The maximum atomic E-state index is 12.3. The summed E-state index contributed by atoms with van der Waals surface area (Å²) in [6.07, 6.45) is 8.26. The number of anilines is 1. The molecule has 18 heavy (non-hydrogen) atoms. The Morgan fingerprint density at radius 1 is 1.44 bits per heavy atom. The average Bonchev–Trinajstić information content (AvgIpc) is 2.68. The van der Waals surface area contributed by atoms with Gasteiger partial charge in [0.15, 0.2) is 0 Å². The zero-order valence-electron chi connectivity index (χ0n) is 11.4. The van der Waals surface area contributed by atoms with Crippen LogP contribution in [0.5, 0.6) is 0 Å². The average molecular weight is 249 g/mol. The van der Waals surface area contributed by atoms with E-state index in [2.05, 4.69) is 0 Å². The summed E-state index contributed by atoms with van der Waals surface area (Å²) in [5.41, 5.74) is 7.03. The van der Waals surface area contributed by atoms with Gasteiger partial charge < -0.3 is 15.2 Å². The van der Waals surface area contributed by atoms with Crippen molar-refractivity contribution >= 4 is 11.6 Å². The highest BCUT2D eigenvalue weighted by Gasteiger charge is 2.20. The van der Waals surface area contributed by atoms with Crippen LogP contribution in [-0.2, 0) is 7.05 Å². The number of carbonyl (C=O) groups is 1. The molecule has 0 bridgehead atoms. The third-order valence-electron chi connectivity index (χ3n) is 3.85. The summed E-state index contributed by atoms with van der Waals surface area (Å²) >= 11 is 0. The Hall–Kier alpha value is -1.45. The monoisotopic (exact) mass is 249 g/mol. The predicted molar refractivity (Wildman–Crippen MR) is 73.4 cm³/mol. The van der Waals surface area contributed by atoms with Crippen LogP contribution >= 0.6 is 0 Å². The molecule has 2 rings (SSSR count). The van der Waals surface area contributed by atoms with E-state index in [1.165, 1.54) is 32.1 Å². The van der Waals surface area contributed by atoms with Gasteiger partial charge in [0.2, 0.25) is 0 Å². The molecule has 0 radical (unpaired) electrons. The van der Waals surface area contributed by atoms with E-state index in [0.29, 0.717) is 17.3 Å². The lowest BCUT2D eigenvalue weighted by Gasteiger charge is -2.27. The van der Waals surface area contributed by atoms with E-state index in [4.69, 9.17) is 5.73 Å². The minimum atomic E-state index is 0.0692. The molecule has 0 atom stereocenters. The number of hydrogen-bond donors (Lipinski definition) is 1. The van der Waals surface area contributed by atoms with Gasteiger partial charge in [-0.15, -0.1) is 0 Å². The summed E-state index contributed by atoms with van der Waals surface area (Å²) in [5.74, 6) is 0.741. The highest BCUT2D eigenvalue weighted by molar-refractivity contribution is 5.93. The van der Waals surface area contributed by atoms with E-state index in [0.717, 1.165) is 6.54 Å². The van der Waals surface area contributed by atoms with E-state index in [1.54, 1.807) is 16.8 Å². The molecule has 2 N–H and O–H groups in total. The molecule has 1 aromatic rings. The van der Waals surface area contributed by atoms with Crippen LogP contribution in [0, 0.1) is 5.92 Å². The number of aromatic nitrogens is 1. The van der Waals surface area contributed by atoms with Crippen LogP contribution in [0.4, 0.5) is 5.69 Å². The summed E-state index contributed by atoms with van der Waals surface area (Å²) in [6, 6.07) is 1.75. The summed E-state index contributed by atoms with van der Waals surface area (Å²) in [7, 11) is 3.75. The third-order valence-corrected chi connectivity index (χ3v) is 3.85. The van der Waals surface area contributed by atoms with Gasteiger partial charge in [-0.05, 0) is 24.8 Å². The fraction of sp³-hybridized carbons (Fsp3) is 0.643. The minimum absolute atomic E-state index is 0.0692. The lowest BCUT2D eigenvalue weighted by atomic mass is 9.89. The van der Waals surface area contributed by atoms with Crippen molar-refractivity contribution in [3.63, 3.8) is 0 Å². The first-order chi connectivity index (χ1) is 8.58. The first kappa shape index (κ1) is 13.0. The van der Waals surface area contributed by atoms with Gasteiger partial charge in [0.05, 0.1) is 5.69 Å². The fourth-order valence-corrected chi connectivity index (χ4v) is 2.84. The fourth-order valence-electron chi connectivity index (χ4n) is 2.84. The van der Waals surface area contributed by atoms with Crippen LogP contribution in [0.3, 0.4) is 0 Å². The molecule has 1 aliphatic carbocycles. The van der Waals surface area contributed by atoms with Crippen molar-refractivity contribution in [1.29, 1.82) is 0 Å². The molecule has 100 valence electrons. The van der Waals surface area contributed by atoms with Crippen molar-refractivity contribution < 1.29 is 4.79 Å². The smallest absolute Gasteiger partial charge is 0.270 e. The molecule has 0 spiro atoms. The molecule has 1 amide bonds. The Morgan fingerprint density at radius 3 is 2.67 bits per heavy atom. The van der Waals surface area contributed by atoms with Gasteiger partial charge in [0, 0.05) is 26.8 Å². The van der Waals surface area contributed by atoms with Crippen molar-refractivity contribution in [1.82, 2.24) is 9.47 Å². The lowest BCUT2D eigenvalue weighted by molar-refractivity contribution is 0.0751. The van der Waals surface area contributed by atoms with E-state index in [1.807, 2.05) is 19.0 Å². The van der Waals surface area contributed by atoms with Gasteiger partial charge in [0.1, 0.15) is 5.69 Å². The van der Waals surface area contributed by atoms with Crippen LogP contribution in [0.2, 0.25) is 0 Å². The predicted octanol–water partition coefficient (Wildman–Crippen LogP) is 2.26. The van der Waals surface area contributed by atoms with Crippen molar-refractivity contribution in [2.24, 2.45) is 13.0 Å². The number of carbonyl (C=O) groups excluding carboxylic acids is 1. The molecule has 0 unspecified atom stereocenters. The zero-order valence-corrected chi connectivity index (χ0v) is 11.4. The van der Waals surface area contributed by atoms with Crippen LogP contribution in [0.15, 0.2) is 12.3 Å². The summed E-state index contributed by atoms with van der Waals surface area (Å²) in [6.45, 7) is 0.865. The quantitative estimate of drug-likeness (QED) is 0.893. The molecule has 1 aliphatic rings. The largest absolute Gasteiger partial charge is 0.397 e. The molecular weight excluding hydrogens is 226 g/mol. The molecule has 1 saturated carbocycles. The first-order valence-electron chi connectivity index (χ1n) is 6.75. The third kappa shape index (κ3) is 2.86. The normalized spacial score (nSPS) is 16.8. The molecular formula is C14H23N3O. The number of nitrogens with zero attached hydrogens (tertiary/aromatic N) is 2. The Labute approximate surface area is 109 Å². The topological polar surface area (TPSA) is 51.3 Å². The molecule has 4 heteroatoms. The van der Waals surface area contributed by atoms with Gasteiger partial charge in [-0.2, -0.15) is 0 Å². The van der Waals surface area contributed by atoms with E-state index in [9.17, 15) is 4.79 Å². The van der Waals surface area contributed by atoms with Gasteiger partial charge in [-0.25, -0.2) is 0 Å². The zero-order chi connectivity index (χ0) is 13.1. The van der Waals surface area contributed by atoms with Crippen LogP contribution in [-0.4, -0.2) is 29.0 Å². The van der Waals surface area contributed by atoms with Gasteiger partial charge in [0.25, 0.3) is 5.91 Å². The number of amides is 1. The standard InChI is InChI=1S/C14H23N3O/c1-16-10-12(15)8-13(16)14(18)17(2)9-11-6-4-3-5-7-11/h8,10-11H,3-7,9,15H2,1-2H3. The molecule has 4 nitrogen and oxygen atoms in total. The van der Waals surface area contributed by atoms with Crippen molar-refractivity contribution in [2.45, 2.75) is 32.1 Å². The summed E-state index contributed by atoms with van der Waals surface area (Å²) in [5, 5.41) is 0. The van der Waals surface area contributed by atoms with E-state index in [-0.39, 0.29) is 5.91 Å². The van der Waals surface area contributed by atoms with Crippen molar-refractivity contribution in [3.8, 4) is 0 Å². The second-order valence-corrected chi connectivity index (χ2v) is 5.46. The van der Waals surface area contributed by atoms with E-state index >= 15 is 0 Å². The lowest BCUT2D eigenvalue weighted by Crippen LogP contribution is -2.33. The second kappa shape index (κ2) is 5.46. The number of aryl methyl sites for hydroxylation is 1. The summed E-state index contributed by atoms with van der Waals surface area (Å²) < 4.78 is 1.80. The van der Waals surface area contributed by atoms with Gasteiger partial charge in [-0.1, -0.05) is 19.3 Å². The van der Waals surface area contributed by atoms with Crippen LogP contribution in [0.25, 0.3) is 0 Å².